The number of hydrogen-bond donors (Lipinski definition) is 2. The summed E-state index contributed by atoms with van der Waals surface area (Å²) in [7, 11) is 0. The Labute approximate surface area is 213 Å². The second kappa shape index (κ2) is 9.08. The van der Waals surface area contributed by atoms with Crippen LogP contribution in [0.3, 0.4) is 0 Å². The normalized spacial score (nSPS) is 12.1. The number of aromatic nitrogens is 6. The molecule has 190 valence electrons. The second-order valence-corrected chi connectivity index (χ2v) is 10.1. The van der Waals surface area contributed by atoms with Crippen molar-refractivity contribution in [2.45, 2.75) is 52.7 Å². The standard InChI is InChI=1S/C28H29FN6O2/c1-16(2)24-20(7-6-8-21(24)29)25-30-14-22-26(32-25)34(27(36)31-22)15-18-9-11-19(12-10-18)35-17(3)13-23(33-35)28(4,5)37/h6-14,16,37H,15H2,1-5H3,(H,31,36). The van der Waals surface area contributed by atoms with E-state index in [1.165, 1.54) is 6.07 Å². The summed E-state index contributed by atoms with van der Waals surface area (Å²) in [6, 6.07) is 14.4. The van der Waals surface area contributed by atoms with E-state index >= 15 is 0 Å². The predicted octanol–water partition coefficient (Wildman–Crippen LogP) is 4.82. The van der Waals surface area contributed by atoms with E-state index in [2.05, 4.69) is 20.1 Å². The quantitative estimate of drug-likeness (QED) is 0.348. The highest BCUT2D eigenvalue weighted by molar-refractivity contribution is 5.74. The maximum Gasteiger partial charge on any atom is 0.328 e. The van der Waals surface area contributed by atoms with Crippen LogP contribution in [0.5, 0.6) is 0 Å². The molecule has 0 atom stereocenters. The van der Waals surface area contributed by atoms with Gasteiger partial charge in [-0.15, -0.1) is 0 Å². The van der Waals surface area contributed by atoms with Gasteiger partial charge in [-0.3, -0.25) is 4.57 Å². The van der Waals surface area contributed by atoms with Crippen molar-refractivity contribution in [3.05, 3.63) is 93.5 Å². The molecule has 0 fully saturated rings. The lowest BCUT2D eigenvalue weighted by Crippen LogP contribution is -2.18. The van der Waals surface area contributed by atoms with Crippen LogP contribution in [0.25, 0.3) is 28.2 Å². The second-order valence-electron chi connectivity index (χ2n) is 10.1. The van der Waals surface area contributed by atoms with Crippen LogP contribution >= 0.6 is 0 Å². The molecular weight excluding hydrogens is 471 g/mol. The Morgan fingerprint density at radius 3 is 2.51 bits per heavy atom. The zero-order chi connectivity index (χ0) is 26.5. The molecule has 0 saturated carbocycles. The van der Waals surface area contributed by atoms with Gasteiger partial charge in [0, 0.05) is 16.8 Å². The fourth-order valence-electron chi connectivity index (χ4n) is 4.50. The van der Waals surface area contributed by atoms with E-state index in [1.807, 2.05) is 51.1 Å². The summed E-state index contributed by atoms with van der Waals surface area (Å²) < 4.78 is 17.9. The van der Waals surface area contributed by atoms with Gasteiger partial charge in [-0.2, -0.15) is 5.10 Å². The Bertz CT molecular complexity index is 1660. The number of rotatable bonds is 6. The molecular formula is C28H29FN6O2. The summed E-state index contributed by atoms with van der Waals surface area (Å²) in [5.41, 5.74) is 4.03. The van der Waals surface area contributed by atoms with E-state index in [-0.39, 0.29) is 17.4 Å². The molecule has 0 amide bonds. The Morgan fingerprint density at radius 2 is 1.86 bits per heavy atom. The average Bonchev–Trinajstić information content (AvgIpc) is 3.38. The average molecular weight is 501 g/mol. The third-order valence-electron chi connectivity index (χ3n) is 6.42. The van der Waals surface area contributed by atoms with Gasteiger partial charge in [0.25, 0.3) is 0 Å². The minimum Gasteiger partial charge on any atom is -0.384 e. The molecule has 8 nitrogen and oxygen atoms in total. The minimum absolute atomic E-state index is 0.0552. The number of hydrogen-bond acceptors (Lipinski definition) is 5. The van der Waals surface area contributed by atoms with Gasteiger partial charge in [-0.05, 0) is 56.5 Å². The maximum absolute atomic E-state index is 14.6. The van der Waals surface area contributed by atoms with E-state index in [0.717, 1.165) is 16.9 Å². The van der Waals surface area contributed by atoms with Crippen LogP contribution in [0, 0.1) is 12.7 Å². The molecule has 2 aromatic carbocycles. The minimum atomic E-state index is -1.03. The number of aryl methyl sites for hydroxylation is 1. The van der Waals surface area contributed by atoms with Crippen LogP contribution < -0.4 is 5.69 Å². The predicted molar refractivity (Wildman–Crippen MR) is 140 cm³/mol. The molecule has 0 radical (unpaired) electrons. The molecule has 3 heterocycles. The lowest BCUT2D eigenvalue weighted by Gasteiger charge is -2.13. The third-order valence-corrected chi connectivity index (χ3v) is 6.42. The van der Waals surface area contributed by atoms with E-state index < -0.39 is 5.60 Å². The first-order chi connectivity index (χ1) is 17.5. The van der Waals surface area contributed by atoms with Crippen molar-refractivity contribution in [2.75, 3.05) is 0 Å². The van der Waals surface area contributed by atoms with Gasteiger partial charge < -0.3 is 10.1 Å². The molecule has 3 aromatic heterocycles. The summed E-state index contributed by atoms with van der Waals surface area (Å²) in [6.07, 6.45) is 1.56. The van der Waals surface area contributed by atoms with Crippen LogP contribution in [0.2, 0.25) is 0 Å². The van der Waals surface area contributed by atoms with Crippen molar-refractivity contribution in [1.29, 1.82) is 0 Å². The zero-order valence-corrected chi connectivity index (χ0v) is 21.5. The van der Waals surface area contributed by atoms with Gasteiger partial charge in [0.05, 0.1) is 24.1 Å². The molecule has 0 unspecified atom stereocenters. The Kier molecular flexibility index (Phi) is 6.03. The summed E-state index contributed by atoms with van der Waals surface area (Å²) >= 11 is 0. The monoisotopic (exact) mass is 500 g/mol. The van der Waals surface area contributed by atoms with Gasteiger partial charge in [0.2, 0.25) is 0 Å². The highest BCUT2D eigenvalue weighted by atomic mass is 19.1. The van der Waals surface area contributed by atoms with Crippen LogP contribution in [-0.2, 0) is 12.1 Å². The topological polar surface area (TPSA) is 102 Å². The molecule has 0 aliphatic carbocycles. The smallest absolute Gasteiger partial charge is 0.328 e. The number of nitrogens with zero attached hydrogens (tertiary/aromatic N) is 5. The van der Waals surface area contributed by atoms with E-state index in [0.29, 0.717) is 40.4 Å². The molecule has 37 heavy (non-hydrogen) atoms. The molecule has 0 bridgehead atoms. The van der Waals surface area contributed by atoms with Crippen molar-refractivity contribution < 1.29 is 9.50 Å². The largest absolute Gasteiger partial charge is 0.384 e. The fraction of sp³-hybridized carbons (Fsp3) is 0.286. The molecule has 9 heteroatoms. The maximum atomic E-state index is 14.6. The van der Waals surface area contributed by atoms with Gasteiger partial charge in [0.15, 0.2) is 11.5 Å². The number of nitrogens with one attached hydrogen (secondary N) is 1. The van der Waals surface area contributed by atoms with Gasteiger partial charge in [-0.25, -0.2) is 23.8 Å². The van der Waals surface area contributed by atoms with E-state index in [9.17, 15) is 14.3 Å². The number of imidazole rings is 1. The SMILES string of the molecule is Cc1cc(C(C)(C)O)nn1-c1ccc(Cn2c(=O)[nH]c3cnc(-c4cccc(F)c4C(C)C)nc32)cc1. The highest BCUT2D eigenvalue weighted by Gasteiger charge is 2.21. The molecule has 2 N–H and O–H groups in total. The van der Waals surface area contributed by atoms with Crippen molar-refractivity contribution in [3.8, 4) is 17.1 Å². The Hall–Kier alpha value is -4.11. The summed E-state index contributed by atoms with van der Waals surface area (Å²) in [5, 5.41) is 14.8. The first kappa shape index (κ1) is 24.6. The van der Waals surface area contributed by atoms with Crippen LogP contribution in [-0.4, -0.2) is 34.4 Å². The van der Waals surface area contributed by atoms with Crippen molar-refractivity contribution >= 4 is 11.2 Å². The van der Waals surface area contributed by atoms with Crippen molar-refractivity contribution in [1.82, 2.24) is 29.3 Å². The molecule has 5 rings (SSSR count). The summed E-state index contributed by atoms with van der Waals surface area (Å²) in [5.74, 6) is 0.0146. The van der Waals surface area contributed by atoms with E-state index in [1.54, 1.807) is 41.4 Å². The number of aliphatic hydroxyl groups is 1. The molecule has 0 aliphatic heterocycles. The van der Waals surface area contributed by atoms with Crippen LogP contribution in [0.15, 0.2) is 59.5 Å². The van der Waals surface area contributed by atoms with Gasteiger partial charge in [0.1, 0.15) is 16.9 Å². The number of benzene rings is 2. The summed E-state index contributed by atoms with van der Waals surface area (Å²) in [4.78, 5) is 24.7. The number of H-pyrrole nitrogens is 1. The molecule has 0 aliphatic rings. The molecule has 5 aromatic rings. The van der Waals surface area contributed by atoms with Crippen LogP contribution in [0.1, 0.15) is 56.1 Å². The lowest BCUT2D eigenvalue weighted by atomic mass is 9.96. The first-order valence-electron chi connectivity index (χ1n) is 12.2. The number of aromatic amines is 1. The number of fused-ring (bicyclic) bond motifs is 1. The Morgan fingerprint density at radius 1 is 1.14 bits per heavy atom. The van der Waals surface area contributed by atoms with Crippen molar-refractivity contribution in [3.63, 3.8) is 0 Å². The zero-order valence-electron chi connectivity index (χ0n) is 21.5. The summed E-state index contributed by atoms with van der Waals surface area (Å²) in [6.45, 7) is 9.48. The molecule has 0 saturated heterocycles. The Balaban J connectivity index is 1.49. The lowest BCUT2D eigenvalue weighted by molar-refractivity contribution is 0.0734. The van der Waals surface area contributed by atoms with E-state index in [4.69, 9.17) is 0 Å². The van der Waals surface area contributed by atoms with Crippen LogP contribution in [0.4, 0.5) is 4.39 Å². The molecule has 0 spiro atoms. The third kappa shape index (κ3) is 4.58. The number of halogens is 1. The highest BCUT2D eigenvalue weighted by Crippen LogP contribution is 2.30. The van der Waals surface area contributed by atoms with Gasteiger partial charge >= 0.3 is 5.69 Å². The first-order valence-corrected chi connectivity index (χ1v) is 12.2. The van der Waals surface area contributed by atoms with Crippen molar-refractivity contribution in [2.24, 2.45) is 0 Å². The fourth-order valence-corrected chi connectivity index (χ4v) is 4.50. The van der Waals surface area contributed by atoms with Gasteiger partial charge in [-0.1, -0.05) is 38.1 Å².